The van der Waals surface area contributed by atoms with Gasteiger partial charge in [0.05, 0.1) is 0 Å². The van der Waals surface area contributed by atoms with Gasteiger partial charge < -0.3 is 23.7 Å². The predicted molar refractivity (Wildman–Crippen MR) is 161 cm³/mol. The minimum atomic E-state index is 0.281. The SMILES string of the molecule is C=C(C)C1CCC(C)C(OC2=C(Cc3ccc4c(c3)OCO4)C(C(=C)C)CCC2C)=C1Cc1ccc2c(c1)OCO2. The third kappa shape index (κ3) is 5.51. The maximum absolute atomic E-state index is 7.24. The highest BCUT2D eigenvalue weighted by Gasteiger charge is 2.35. The van der Waals surface area contributed by atoms with Crippen LogP contribution in [0.4, 0.5) is 0 Å². The molecule has 0 fully saturated rings. The first-order chi connectivity index (χ1) is 19.8. The molecule has 5 nitrogen and oxygen atoms in total. The summed E-state index contributed by atoms with van der Waals surface area (Å²) >= 11 is 0. The molecule has 5 heteroatoms. The number of allylic oxidation sites excluding steroid dienone is 6. The third-order valence-electron chi connectivity index (χ3n) is 9.22. The Kier molecular flexibility index (Phi) is 7.63. The van der Waals surface area contributed by atoms with E-state index in [9.17, 15) is 0 Å². The molecule has 4 aliphatic rings. The van der Waals surface area contributed by atoms with Crippen LogP contribution in [-0.4, -0.2) is 13.6 Å². The topological polar surface area (TPSA) is 46.2 Å². The molecule has 2 aromatic rings. The zero-order valence-electron chi connectivity index (χ0n) is 24.9. The third-order valence-corrected chi connectivity index (χ3v) is 9.22. The van der Waals surface area contributed by atoms with Gasteiger partial charge in [0.2, 0.25) is 13.6 Å². The second-order valence-corrected chi connectivity index (χ2v) is 12.4. The van der Waals surface area contributed by atoms with Crippen molar-refractivity contribution >= 4 is 0 Å². The van der Waals surface area contributed by atoms with Gasteiger partial charge in [0.15, 0.2) is 23.0 Å². The fourth-order valence-corrected chi connectivity index (χ4v) is 6.92. The summed E-state index contributed by atoms with van der Waals surface area (Å²) in [4.78, 5) is 0. The highest BCUT2D eigenvalue weighted by molar-refractivity contribution is 5.47. The van der Waals surface area contributed by atoms with Crippen LogP contribution in [-0.2, 0) is 17.6 Å². The minimum absolute atomic E-state index is 0.281. The van der Waals surface area contributed by atoms with E-state index in [1.165, 1.54) is 33.4 Å². The number of fused-ring (bicyclic) bond motifs is 2. The fraction of sp³-hybridized carbons (Fsp3) is 0.444. The molecule has 2 aliphatic heterocycles. The molecule has 0 aromatic heterocycles. The Labute approximate surface area is 244 Å². The molecule has 0 radical (unpaired) electrons. The van der Waals surface area contributed by atoms with Crippen LogP contribution in [0.2, 0.25) is 0 Å². The van der Waals surface area contributed by atoms with Gasteiger partial charge in [-0.1, -0.05) is 50.3 Å². The smallest absolute Gasteiger partial charge is 0.231 e. The van der Waals surface area contributed by atoms with E-state index in [0.717, 1.165) is 73.0 Å². The van der Waals surface area contributed by atoms with Crippen LogP contribution in [0.3, 0.4) is 0 Å². The summed E-state index contributed by atoms with van der Waals surface area (Å²) in [5, 5.41) is 0. The first-order valence-electron chi connectivity index (χ1n) is 15.0. The molecule has 0 saturated heterocycles. The van der Waals surface area contributed by atoms with E-state index in [1.54, 1.807) is 0 Å². The van der Waals surface area contributed by atoms with Gasteiger partial charge in [-0.2, -0.15) is 0 Å². The van der Waals surface area contributed by atoms with Gasteiger partial charge in [0, 0.05) is 23.7 Å². The summed E-state index contributed by atoms with van der Waals surface area (Å²) in [5.74, 6) is 6.74. The lowest BCUT2D eigenvalue weighted by Gasteiger charge is -2.38. The summed E-state index contributed by atoms with van der Waals surface area (Å²) in [6.07, 6.45) is 5.96. The van der Waals surface area contributed by atoms with Gasteiger partial charge in [-0.15, -0.1) is 0 Å². The van der Waals surface area contributed by atoms with Crippen LogP contribution in [0.1, 0.15) is 64.5 Å². The molecule has 0 N–H and O–H groups in total. The Morgan fingerprint density at radius 2 is 1.07 bits per heavy atom. The summed E-state index contributed by atoms with van der Waals surface area (Å²) in [5.41, 5.74) is 7.48. The van der Waals surface area contributed by atoms with Crippen molar-refractivity contribution in [1.82, 2.24) is 0 Å². The quantitative estimate of drug-likeness (QED) is 0.306. The number of hydrogen-bond acceptors (Lipinski definition) is 5. The Morgan fingerprint density at radius 1 is 0.659 bits per heavy atom. The highest BCUT2D eigenvalue weighted by atomic mass is 16.7. The van der Waals surface area contributed by atoms with Crippen LogP contribution in [0, 0.1) is 23.7 Å². The molecule has 0 amide bonds. The summed E-state index contributed by atoms with van der Waals surface area (Å²) in [6.45, 7) is 18.3. The molecule has 2 heterocycles. The molecular weight excluding hydrogens is 512 g/mol. The predicted octanol–water partition coefficient (Wildman–Crippen LogP) is 8.70. The molecule has 4 atom stereocenters. The molecule has 2 aromatic carbocycles. The molecule has 41 heavy (non-hydrogen) atoms. The Hall–Kier alpha value is -3.60. The molecule has 0 spiro atoms. The van der Waals surface area contributed by atoms with Gasteiger partial charge >= 0.3 is 0 Å². The van der Waals surface area contributed by atoms with Crippen LogP contribution in [0.25, 0.3) is 0 Å². The average Bonchev–Trinajstić information content (AvgIpc) is 3.60. The van der Waals surface area contributed by atoms with Crippen LogP contribution in [0.15, 0.2) is 83.4 Å². The first-order valence-corrected chi connectivity index (χ1v) is 15.0. The molecule has 216 valence electrons. The van der Waals surface area contributed by atoms with Gasteiger partial charge in [0.25, 0.3) is 0 Å². The Morgan fingerprint density at radius 3 is 1.49 bits per heavy atom. The largest absolute Gasteiger partial charge is 0.466 e. The van der Waals surface area contributed by atoms with Crippen molar-refractivity contribution in [3.05, 3.63) is 94.5 Å². The number of rotatable bonds is 8. The Balaban J connectivity index is 1.42. The monoisotopic (exact) mass is 554 g/mol. The number of ether oxygens (including phenoxy) is 5. The maximum Gasteiger partial charge on any atom is 0.231 e. The van der Waals surface area contributed by atoms with Gasteiger partial charge in [-0.25, -0.2) is 0 Å². The van der Waals surface area contributed by atoms with E-state index in [1.807, 2.05) is 12.1 Å². The summed E-state index contributed by atoms with van der Waals surface area (Å²) in [6, 6.07) is 12.6. The first kappa shape index (κ1) is 27.6. The molecule has 2 aliphatic carbocycles. The van der Waals surface area contributed by atoms with Gasteiger partial charge in [-0.3, -0.25) is 0 Å². The lowest BCUT2D eigenvalue weighted by molar-refractivity contribution is 0.173. The lowest BCUT2D eigenvalue weighted by Crippen LogP contribution is -2.26. The number of benzene rings is 2. The van der Waals surface area contributed by atoms with Crippen molar-refractivity contribution in [3.63, 3.8) is 0 Å². The molecule has 6 rings (SSSR count). The molecule has 0 bridgehead atoms. The van der Waals surface area contributed by atoms with E-state index in [0.29, 0.717) is 23.7 Å². The Bertz CT molecular complexity index is 1320. The number of hydrogen-bond donors (Lipinski definition) is 0. The average molecular weight is 555 g/mol. The standard InChI is InChI=1S/C36H42O5/c1-21(2)27-11-7-23(5)35(29(27)15-25-9-13-31-33(17-25)39-19-37-31)41-36-24(6)8-12-28(22(3)4)30(36)16-26-10-14-32-34(18-26)40-20-38-32/h9-10,13-14,17-18,23-24,27-28H,1,3,7-8,11-12,15-16,19-20H2,2,4-6H3. The second kappa shape index (κ2) is 11.3. The molecule has 0 saturated carbocycles. The van der Waals surface area contributed by atoms with Crippen LogP contribution >= 0.6 is 0 Å². The highest BCUT2D eigenvalue weighted by Crippen LogP contribution is 2.46. The van der Waals surface area contributed by atoms with E-state index >= 15 is 0 Å². The van der Waals surface area contributed by atoms with E-state index in [-0.39, 0.29) is 13.6 Å². The van der Waals surface area contributed by atoms with Crippen LogP contribution in [0.5, 0.6) is 23.0 Å². The van der Waals surface area contributed by atoms with Crippen molar-refractivity contribution in [2.45, 2.75) is 66.2 Å². The van der Waals surface area contributed by atoms with Crippen molar-refractivity contribution in [1.29, 1.82) is 0 Å². The maximum atomic E-state index is 7.24. The van der Waals surface area contributed by atoms with Crippen molar-refractivity contribution < 1.29 is 23.7 Å². The lowest BCUT2D eigenvalue weighted by atomic mass is 9.75. The normalized spacial score (nSPS) is 25.0. The van der Waals surface area contributed by atoms with E-state index < -0.39 is 0 Å². The van der Waals surface area contributed by atoms with Crippen molar-refractivity contribution in [3.8, 4) is 23.0 Å². The van der Waals surface area contributed by atoms with Gasteiger partial charge in [0.1, 0.15) is 11.5 Å². The van der Waals surface area contributed by atoms with E-state index in [2.05, 4.69) is 65.1 Å². The van der Waals surface area contributed by atoms with E-state index in [4.69, 9.17) is 23.7 Å². The molecule has 4 unspecified atom stereocenters. The van der Waals surface area contributed by atoms with Gasteiger partial charge in [-0.05, 0) is 98.9 Å². The van der Waals surface area contributed by atoms with Crippen molar-refractivity contribution in [2.24, 2.45) is 23.7 Å². The summed E-state index contributed by atoms with van der Waals surface area (Å²) < 4.78 is 29.8. The van der Waals surface area contributed by atoms with Crippen LogP contribution < -0.4 is 18.9 Å². The fourth-order valence-electron chi connectivity index (χ4n) is 6.92. The zero-order chi connectivity index (χ0) is 28.7. The molecular formula is C36H42O5. The second-order valence-electron chi connectivity index (χ2n) is 12.4. The minimum Gasteiger partial charge on any atom is -0.466 e. The van der Waals surface area contributed by atoms with Crippen molar-refractivity contribution in [2.75, 3.05) is 13.6 Å². The zero-order valence-corrected chi connectivity index (χ0v) is 24.9. The summed E-state index contributed by atoms with van der Waals surface area (Å²) in [7, 11) is 0.